The molecule has 1 fully saturated rings. The molecule has 2 aromatic rings. The van der Waals surface area contributed by atoms with Crippen LogP contribution >= 0.6 is 22.9 Å². The van der Waals surface area contributed by atoms with Crippen LogP contribution in [0.2, 0.25) is 5.02 Å². The third-order valence-electron chi connectivity index (χ3n) is 4.75. The number of amides is 2. The van der Waals surface area contributed by atoms with Crippen molar-refractivity contribution in [1.29, 1.82) is 0 Å². The molecule has 3 rings (SSSR count). The smallest absolute Gasteiger partial charge is 0.267 e. The van der Waals surface area contributed by atoms with Crippen molar-refractivity contribution in [3.05, 3.63) is 44.4 Å². The second-order valence-electron chi connectivity index (χ2n) is 8.18. The van der Waals surface area contributed by atoms with Crippen LogP contribution in [0.4, 0.5) is 5.69 Å². The number of thiazole rings is 1. The van der Waals surface area contributed by atoms with Gasteiger partial charge in [0.2, 0.25) is 0 Å². The first-order valence-electron chi connectivity index (χ1n) is 9.55. The van der Waals surface area contributed by atoms with Crippen molar-refractivity contribution in [2.75, 3.05) is 18.4 Å². The van der Waals surface area contributed by atoms with Crippen molar-refractivity contribution in [3.8, 4) is 0 Å². The van der Waals surface area contributed by atoms with E-state index in [1.165, 1.54) is 11.3 Å². The third kappa shape index (κ3) is 4.55. The van der Waals surface area contributed by atoms with Gasteiger partial charge in [-0.1, -0.05) is 32.4 Å². The molecular weight excluding hydrogens is 394 g/mol. The van der Waals surface area contributed by atoms with Crippen LogP contribution in [-0.2, 0) is 5.41 Å². The third-order valence-corrected chi connectivity index (χ3v) is 6.56. The predicted octanol–water partition coefficient (Wildman–Crippen LogP) is 5.28. The monoisotopic (exact) mass is 419 g/mol. The van der Waals surface area contributed by atoms with E-state index in [-0.39, 0.29) is 17.2 Å². The molecule has 1 saturated heterocycles. The Morgan fingerprint density at radius 1 is 1.18 bits per heavy atom. The van der Waals surface area contributed by atoms with Gasteiger partial charge in [-0.3, -0.25) is 9.59 Å². The summed E-state index contributed by atoms with van der Waals surface area (Å²) in [5.74, 6) is -0.330. The molecule has 0 aliphatic carbocycles. The van der Waals surface area contributed by atoms with E-state index in [0.717, 1.165) is 37.4 Å². The molecule has 5 nitrogen and oxygen atoms in total. The van der Waals surface area contributed by atoms with E-state index in [1.807, 2.05) is 11.8 Å². The minimum Gasteiger partial charge on any atom is -0.339 e. The highest BCUT2D eigenvalue weighted by molar-refractivity contribution is 7.14. The lowest BCUT2D eigenvalue weighted by Crippen LogP contribution is -2.36. The Labute approximate surface area is 175 Å². The SMILES string of the molecule is Cc1nc(C(C)(C)C)sc1C(=O)Nc1cc(Cl)ccc1C(=O)N1CCCCC1. The first-order chi connectivity index (χ1) is 13.2. The van der Waals surface area contributed by atoms with Crippen molar-refractivity contribution in [2.24, 2.45) is 0 Å². The largest absolute Gasteiger partial charge is 0.339 e. The molecule has 7 heteroatoms. The van der Waals surface area contributed by atoms with Crippen molar-refractivity contribution in [3.63, 3.8) is 0 Å². The fraction of sp³-hybridized carbons (Fsp3) is 0.476. The molecule has 150 valence electrons. The minimum atomic E-state index is -0.263. The lowest BCUT2D eigenvalue weighted by atomic mass is 9.98. The Morgan fingerprint density at radius 2 is 1.86 bits per heavy atom. The van der Waals surface area contributed by atoms with Crippen molar-refractivity contribution in [2.45, 2.75) is 52.4 Å². The summed E-state index contributed by atoms with van der Waals surface area (Å²) in [6.45, 7) is 9.53. The number of piperidine rings is 1. The van der Waals surface area contributed by atoms with Crippen molar-refractivity contribution >= 4 is 40.4 Å². The van der Waals surface area contributed by atoms with Gasteiger partial charge in [-0.15, -0.1) is 11.3 Å². The van der Waals surface area contributed by atoms with E-state index in [0.29, 0.717) is 26.8 Å². The Morgan fingerprint density at radius 3 is 2.46 bits per heavy atom. The normalized spacial score (nSPS) is 14.8. The number of rotatable bonds is 3. The lowest BCUT2D eigenvalue weighted by molar-refractivity contribution is 0.0725. The van der Waals surface area contributed by atoms with Gasteiger partial charge in [0.25, 0.3) is 11.8 Å². The molecule has 0 spiro atoms. The summed E-state index contributed by atoms with van der Waals surface area (Å²) in [7, 11) is 0. The summed E-state index contributed by atoms with van der Waals surface area (Å²) in [5, 5.41) is 4.27. The molecule has 0 radical (unpaired) electrons. The molecule has 2 heterocycles. The fourth-order valence-electron chi connectivity index (χ4n) is 3.18. The van der Waals surface area contributed by atoms with Gasteiger partial charge >= 0.3 is 0 Å². The Hall–Kier alpha value is -1.92. The average Bonchev–Trinajstić information content (AvgIpc) is 3.04. The molecule has 1 aliphatic heterocycles. The number of nitrogens with one attached hydrogen (secondary N) is 1. The molecule has 0 saturated carbocycles. The molecular formula is C21H26ClN3O2S. The van der Waals surface area contributed by atoms with E-state index in [2.05, 4.69) is 31.1 Å². The molecule has 0 atom stereocenters. The summed E-state index contributed by atoms with van der Waals surface area (Å²) in [6, 6.07) is 5.01. The molecule has 0 unspecified atom stereocenters. The van der Waals surface area contributed by atoms with Gasteiger partial charge in [0.1, 0.15) is 4.88 Å². The summed E-state index contributed by atoms with van der Waals surface area (Å²) in [4.78, 5) is 32.9. The summed E-state index contributed by atoms with van der Waals surface area (Å²) < 4.78 is 0. The molecule has 1 aromatic carbocycles. The number of aromatic nitrogens is 1. The number of hydrogen-bond donors (Lipinski definition) is 1. The fourth-order valence-corrected chi connectivity index (χ4v) is 4.37. The van der Waals surface area contributed by atoms with Crippen molar-refractivity contribution in [1.82, 2.24) is 9.88 Å². The summed E-state index contributed by atoms with van der Waals surface area (Å²) in [6.07, 6.45) is 3.17. The maximum atomic E-state index is 13.0. The Kier molecular flexibility index (Phi) is 6.10. The highest BCUT2D eigenvalue weighted by Gasteiger charge is 2.25. The van der Waals surface area contributed by atoms with Gasteiger partial charge < -0.3 is 10.2 Å². The highest BCUT2D eigenvalue weighted by Crippen LogP contribution is 2.30. The number of halogens is 1. The maximum absolute atomic E-state index is 13.0. The second kappa shape index (κ2) is 8.21. The Balaban J connectivity index is 1.88. The number of nitrogens with zero attached hydrogens (tertiary/aromatic N) is 2. The van der Waals surface area contributed by atoms with Crippen LogP contribution in [0.25, 0.3) is 0 Å². The van der Waals surface area contributed by atoms with Gasteiger partial charge in [-0.25, -0.2) is 4.98 Å². The van der Waals surface area contributed by atoms with E-state index in [9.17, 15) is 9.59 Å². The zero-order valence-corrected chi connectivity index (χ0v) is 18.3. The summed E-state index contributed by atoms with van der Waals surface area (Å²) >= 11 is 7.53. The van der Waals surface area contributed by atoms with Gasteiger partial charge in [-0.2, -0.15) is 0 Å². The maximum Gasteiger partial charge on any atom is 0.267 e. The highest BCUT2D eigenvalue weighted by atomic mass is 35.5. The average molecular weight is 420 g/mol. The van der Waals surface area contributed by atoms with Crippen LogP contribution in [0, 0.1) is 6.92 Å². The molecule has 1 N–H and O–H groups in total. The Bertz CT molecular complexity index is 896. The minimum absolute atomic E-state index is 0.0666. The van der Waals surface area contributed by atoms with E-state index < -0.39 is 0 Å². The molecule has 28 heavy (non-hydrogen) atoms. The number of aryl methyl sites for hydroxylation is 1. The number of carbonyl (C=O) groups is 2. The van der Waals surface area contributed by atoms with Crippen LogP contribution in [0.15, 0.2) is 18.2 Å². The zero-order chi connectivity index (χ0) is 20.5. The van der Waals surface area contributed by atoms with Crippen LogP contribution in [0.3, 0.4) is 0 Å². The molecule has 1 aliphatic rings. The van der Waals surface area contributed by atoms with E-state index in [4.69, 9.17) is 11.6 Å². The van der Waals surface area contributed by atoms with Crippen molar-refractivity contribution < 1.29 is 9.59 Å². The number of benzene rings is 1. The van der Waals surface area contributed by atoms with Crippen LogP contribution in [0.5, 0.6) is 0 Å². The van der Waals surface area contributed by atoms with Crippen LogP contribution in [-0.4, -0.2) is 34.8 Å². The zero-order valence-electron chi connectivity index (χ0n) is 16.8. The number of carbonyl (C=O) groups excluding carboxylic acids is 2. The quantitative estimate of drug-likeness (QED) is 0.735. The lowest BCUT2D eigenvalue weighted by Gasteiger charge is -2.27. The summed E-state index contributed by atoms with van der Waals surface area (Å²) in [5.41, 5.74) is 1.48. The topological polar surface area (TPSA) is 62.3 Å². The first-order valence-corrected chi connectivity index (χ1v) is 10.7. The van der Waals surface area contributed by atoms with Crippen LogP contribution in [0.1, 0.15) is 70.8 Å². The number of hydrogen-bond acceptors (Lipinski definition) is 4. The van der Waals surface area contributed by atoms with Gasteiger partial charge in [0, 0.05) is 23.5 Å². The standard InChI is InChI=1S/C21H26ClN3O2S/c1-13-17(28-20(23-13)21(2,3)4)18(26)24-16-12-14(22)8-9-15(16)19(27)25-10-6-5-7-11-25/h8-9,12H,5-7,10-11H2,1-4H3,(H,24,26). The number of likely N-dealkylation sites (tertiary alicyclic amines) is 1. The van der Waals surface area contributed by atoms with E-state index >= 15 is 0 Å². The van der Waals surface area contributed by atoms with Gasteiger partial charge in [-0.05, 0) is 44.4 Å². The second-order valence-corrected chi connectivity index (χ2v) is 9.62. The number of anilines is 1. The molecule has 2 amide bonds. The predicted molar refractivity (Wildman–Crippen MR) is 115 cm³/mol. The van der Waals surface area contributed by atoms with Crippen LogP contribution < -0.4 is 5.32 Å². The van der Waals surface area contributed by atoms with Gasteiger partial charge in [0.05, 0.1) is 22.0 Å². The molecule has 1 aromatic heterocycles. The van der Waals surface area contributed by atoms with E-state index in [1.54, 1.807) is 18.2 Å². The first kappa shape index (κ1) is 20.8. The van der Waals surface area contributed by atoms with Gasteiger partial charge in [0.15, 0.2) is 0 Å². The molecule has 0 bridgehead atoms.